The first-order valence-corrected chi connectivity index (χ1v) is 9.67. The Morgan fingerprint density at radius 2 is 2.25 bits per heavy atom. The van der Waals surface area contributed by atoms with Crippen molar-refractivity contribution in [2.45, 2.75) is 32.4 Å². The number of hydrogen-bond acceptors (Lipinski definition) is 4. The van der Waals surface area contributed by atoms with Gasteiger partial charge in [-0.1, -0.05) is 6.92 Å². The van der Waals surface area contributed by atoms with Crippen molar-refractivity contribution in [1.82, 2.24) is 19.9 Å². The van der Waals surface area contributed by atoms with Crippen LogP contribution in [-0.2, 0) is 6.54 Å². The molecule has 0 spiro atoms. The summed E-state index contributed by atoms with van der Waals surface area (Å²) >= 11 is 0. The quantitative estimate of drug-likeness (QED) is 0.604. The molecule has 0 unspecified atom stereocenters. The van der Waals surface area contributed by atoms with E-state index in [0.717, 1.165) is 30.8 Å². The molecule has 5 rings (SSSR count). The molecule has 1 amide bonds. The maximum atomic E-state index is 14.3. The molecule has 2 aliphatic heterocycles. The van der Waals surface area contributed by atoms with Crippen molar-refractivity contribution >= 4 is 17.4 Å². The van der Waals surface area contributed by atoms with Crippen molar-refractivity contribution in [1.29, 1.82) is 0 Å². The van der Waals surface area contributed by atoms with Gasteiger partial charge in [-0.2, -0.15) is 5.10 Å². The number of nitrogens with zero attached hydrogens (tertiary/aromatic N) is 5. The summed E-state index contributed by atoms with van der Waals surface area (Å²) in [7, 11) is 0. The fourth-order valence-electron chi connectivity index (χ4n) is 4.26. The highest BCUT2D eigenvalue weighted by Gasteiger charge is 2.30. The van der Waals surface area contributed by atoms with Crippen LogP contribution in [0.5, 0.6) is 0 Å². The van der Waals surface area contributed by atoms with Crippen molar-refractivity contribution in [3.05, 3.63) is 53.9 Å². The smallest absolute Gasteiger partial charge is 0.256 e. The van der Waals surface area contributed by atoms with Gasteiger partial charge in [0.1, 0.15) is 11.4 Å². The molecule has 1 N–H and O–H groups in total. The molecule has 0 aliphatic carbocycles. The lowest BCUT2D eigenvalue weighted by atomic mass is 10.1. The van der Waals surface area contributed by atoms with Crippen LogP contribution in [0.3, 0.4) is 0 Å². The number of carbonyl (C=O) groups excluding carboxylic acids is 1. The first kappa shape index (κ1) is 17.1. The Bertz CT molecular complexity index is 1060. The van der Waals surface area contributed by atoms with Crippen LogP contribution in [0.15, 0.2) is 36.9 Å². The van der Waals surface area contributed by atoms with E-state index in [-0.39, 0.29) is 23.7 Å². The highest BCUT2D eigenvalue weighted by molar-refractivity contribution is 5.99. The minimum atomic E-state index is -0.242. The Balaban J connectivity index is 1.67. The van der Waals surface area contributed by atoms with Crippen LogP contribution < -0.4 is 14.8 Å². The van der Waals surface area contributed by atoms with E-state index >= 15 is 0 Å². The van der Waals surface area contributed by atoms with Gasteiger partial charge in [-0.3, -0.25) is 4.79 Å². The Kier molecular flexibility index (Phi) is 3.99. The summed E-state index contributed by atoms with van der Waals surface area (Å²) in [5.41, 5.74) is 1.97. The van der Waals surface area contributed by atoms with E-state index in [0.29, 0.717) is 24.3 Å². The van der Waals surface area contributed by atoms with E-state index in [4.69, 9.17) is 4.98 Å². The van der Waals surface area contributed by atoms with Crippen LogP contribution in [0.25, 0.3) is 5.65 Å². The molecule has 0 saturated carbocycles. The van der Waals surface area contributed by atoms with Gasteiger partial charge in [0, 0.05) is 30.8 Å². The number of pyridine rings is 1. The average molecular weight is 381 g/mol. The zero-order valence-corrected chi connectivity index (χ0v) is 15.7. The summed E-state index contributed by atoms with van der Waals surface area (Å²) in [6.07, 6.45) is 8.89. The molecule has 144 valence electrons. The maximum Gasteiger partial charge on any atom is 0.256 e. The zero-order valence-electron chi connectivity index (χ0n) is 15.7. The number of amides is 1. The molecule has 8 heteroatoms. The number of carbonyl (C=O) groups is 1. The van der Waals surface area contributed by atoms with Gasteiger partial charge in [0.15, 0.2) is 24.2 Å². The monoisotopic (exact) mass is 381 g/mol. The number of halogens is 1. The van der Waals surface area contributed by atoms with E-state index in [1.165, 1.54) is 6.20 Å². The molecule has 0 aromatic carbocycles. The van der Waals surface area contributed by atoms with Crippen LogP contribution in [0, 0.1) is 11.7 Å². The number of aromatic nitrogens is 4. The molecule has 2 aliphatic rings. The second-order valence-corrected chi connectivity index (χ2v) is 7.76. The molecule has 1 fully saturated rings. The number of nitrogens with one attached hydrogen (secondary N) is 1. The van der Waals surface area contributed by atoms with E-state index in [1.54, 1.807) is 16.8 Å². The Morgan fingerprint density at radius 1 is 1.36 bits per heavy atom. The molecule has 28 heavy (non-hydrogen) atoms. The minimum Gasteiger partial charge on any atom is -0.351 e. The third-order valence-electron chi connectivity index (χ3n) is 5.57. The lowest BCUT2D eigenvalue weighted by molar-refractivity contribution is -0.704. The highest BCUT2D eigenvalue weighted by atomic mass is 19.1. The second kappa shape index (κ2) is 6.54. The first-order valence-electron chi connectivity index (χ1n) is 9.67. The minimum absolute atomic E-state index is 0.0651. The van der Waals surface area contributed by atoms with Crippen LogP contribution in [0.1, 0.15) is 41.7 Å². The third kappa shape index (κ3) is 2.89. The molecule has 4 bridgehead atoms. The van der Waals surface area contributed by atoms with Crippen molar-refractivity contribution < 1.29 is 13.8 Å². The molecular weight excluding hydrogens is 359 g/mol. The molecule has 2 atom stereocenters. The molecule has 1 saturated heterocycles. The number of rotatable bonds is 0. The van der Waals surface area contributed by atoms with Crippen LogP contribution in [-0.4, -0.2) is 33.6 Å². The van der Waals surface area contributed by atoms with E-state index in [9.17, 15) is 9.18 Å². The first-order chi connectivity index (χ1) is 13.6. The van der Waals surface area contributed by atoms with E-state index in [2.05, 4.69) is 15.3 Å². The number of hydrogen-bond donors (Lipinski definition) is 1. The summed E-state index contributed by atoms with van der Waals surface area (Å²) in [6, 6.07) is 3.59. The summed E-state index contributed by atoms with van der Waals surface area (Å²) in [5, 5.41) is 7.22. The van der Waals surface area contributed by atoms with Crippen molar-refractivity contribution in [3.63, 3.8) is 0 Å². The van der Waals surface area contributed by atoms with Gasteiger partial charge >= 0.3 is 0 Å². The highest BCUT2D eigenvalue weighted by Crippen LogP contribution is 2.35. The van der Waals surface area contributed by atoms with Gasteiger partial charge < -0.3 is 10.2 Å². The third-order valence-corrected chi connectivity index (χ3v) is 5.57. The van der Waals surface area contributed by atoms with E-state index in [1.807, 2.05) is 30.0 Å². The van der Waals surface area contributed by atoms with Gasteiger partial charge in [-0.05, 0) is 25.0 Å². The van der Waals surface area contributed by atoms with Crippen molar-refractivity contribution in [2.75, 3.05) is 18.0 Å². The summed E-state index contributed by atoms with van der Waals surface area (Å²) in [5.74, 6) is 0.503. The van der Waals surface area contributed by atoms with Gasteiger partial charge in [-0.15, -0.1) is 0 Å². The SMILES string of the molecule is C[C@H]1CNC(=O)c2cnn3ccc(nc23)N2CCC[C@@H]2c2cc(F)c[n+](c2)C1. The van der Waals surface area contributed by atoms with Gasteiger partial charge in [0.2, 0.25) is 6.20 Å². The topological polar surface area (TPSA) is 66.4 Å². The summed E-state index contributed by atoms with van der Waals surface area (Å²) < 4.78 is 17.9. The molecule has 3 aromatic rings. The van der Waals surface area contributed by atoms with Crippen LogP contribution >= 0.6 is 0 Å². The average Bonchev–Trinajstić information content (AvgIpc) is 3.31. The maximum absolute atomic E-state index is 14.3. The number of fused-ring (bicyclic) bond motifs is 6. The predicted octanol–water partition coefficient (Wildman–Crippen LogP) is 1.88. The van der Waals surface area contributed by atoms with E-state index < -0.39 is 0 Å². The molecular formula is C20H22FN6O+. The fraction of sp³-hybridized carbons (Fsp3) is 0.400. The molecule has 7 nitrogen and oxygen atoms in total. The Hall–Kier alpha value is -3.03. The molecule has 3 aromatic heterocycles. The van der Waals surface area contributed by atoms with Crippen LogP contribution in [0.4, 0.5) is 10.2 Å². The summed E-state index contributed by atoms with van der Waals surface area (Å²) in [4.78, 5) is 19.6. The molecule has 0 radical (unpaired) electrons. The standard InChI is InChI=1S/C20H21FN6O/c1-13-8-22-20(28)16-9-23-27-6-4-18(24-19(16)27)26-5-2-3-17(26)14-7-15(21)12-25(10-13)11-14/h4,6-7,9,11-13,17H,2-3,5,8,10H2,1H3/p+1/t13-,17+/m0/s1. The number of anilines is 1. The lowest BCUT2D eigenvalue weighted by Crippen LogP contribution is -2.41. The largest absolute Gasteiger partial charge is 0.351 e. The van der Waals surface area contributed by atoms with Gasteiger partial charge in [0.05, 0.1) is 12.2 Å². The predicted molar refractivity (Wildman–Crippen MR) is 100 cm³/mol. The van der Waals surface area contributed by atoms with Crippen molar-refractivity contribution in [3.8, 4) is 0 Å². The lowest BCUT2D eigenvalue weighted by Gasteiger charge is -2.25. The Labute approximate surface area is 161 Å². The van der Waals surface area contributed by atoms with Gasteiger partial charge in [-0.25, -0.2) is 18.5 Å². The zero-order chi connectivity index (χ0) is 19.3. The van der Waals surface area contributed by atoms with Gasteiger partial charge in [0.25, 0.3) is 5.91 Å². The normalized spacial score (nSPS) is 22.2. The van der Waals surface area contributed by atoms with Crippen LogP contribution in [0.2, 0.25) is 0 Å². The fourth-order valence-corrected chi connectivity index (χ4v) is 4.26. The second-order valence-electron chi connectivity index (χ2n) is 7.76. The molecule has 5 heterocycles. The summed E-state index contributed by atoms with van der Waals surface area (Å²) in [6.45, 7) is 4.00. The Morgan fingerprint density at radius 3 is 3.14 bits per heavy atom. The van der Waals surface area contributed by atoms with Crippen molar-refractivity contribution in [2.24, 2.45) is 5.92 Å².